The fourth-order valence-electron chi connectivity index (χ4n) is 4.28. The molecule has 8 nitrogen and oxygen atoms in total. The third-order valence-electron chi connectivity index (χ3n) is 6.17. The predicted octanol–water partition coefficient (Wildman–Crippen LogP) is 6.65. The van der Waals surface area contributed by atoms with Gasteiger partial charge in [0, 0.05) is 23.4 Å². The van der Waals surface area contributed by atoms with Gasteiger partial charge < -0.3 is 19.1 Å². The van der Waals surface area contributed by atoms with Crippen molar-refractivity contribution in [3.8, 4) is 34.1 Å². The average Bonchev–Trinajstić information content (AvgIpc) is 3.51. The first-order valence-electron chi connectivity index (χ1n) is 12.2. The summed E-state index contributed by atoms with van der Waals surface area (Å²) in [6.45, 7) is 7.26. The van der Waals surface area contributed by atoms with E-state index in [0.29, 0.717) is 36.5 Å². The lowest BCUT2D eigenvalue weighted by molar-refractivity contribution is 0.144. The molecule has 0 radical (unpaired) electrons. The van der Waals surface area contributed by atoms with Crippen molar-refractivity contribution in [1.82, 2.24) is 19.1 Å². The van der Waals surface area contributed by atoms with Gasteiger partial charge in [0.25, 0.3) is 6.01 Å². The SMILES string of the molecule is CCOc1nc2ccc(-c3cn(C(C)C)cn3)cc2n1Cc1ccc(-c2ccccc2OC(=O)O)cc1. The lowest BCUT2D eigenvalue weighted by Gasteiger charge is -2.11. The van der Waals surface area contributed by atoms with E-state index < -0.39 is 6.16 Å². The Bertz CT molecular complexity index is 1550. The number of fused-ring (bicyclic) bond motifs is 1. The molecule has 0 aliphatic rings. The molecule has 0 atom stereocenters. The molecule has 37 heavy (non-hydrogen) atoms. The Hall–Kier alpha value is -4.59. The molecule has 0 unspecified atom stereocenters. The molecule has 1 N–H and O–H groups in total. The fraction of sp³-hybridized carbons (Fsp3) is 0.207. The molecule has 188 valence electrons. The molecule has 0 fully saturated rings. The van der Waals surface area contributed by atoms with Gasteiger partial charge in [-0.3, -0.25) is 4.57 Å². The molecule has 0 amide bonds. The maximum atomic E-state index is 11.1. The van der Waals surface area contributed by atoms with Crippen LogP contribution in [0.25, 0.3) is 33.4 Å². The first kappa shape index (κ1) is 24.1. The van der Waals surface area contributed by atoms with Crippen LogP contribution in [0.3, 0.4) is 0 Å². The predicted molar refractivity (Wildman–Crippen MR) is 142 cm³/mol. The Kier molecular flexibility index (Phi) is 6.64. The number of benzene rings is 3. The molecular weight excluding hydrogens is 468 g/mol. The minimum Gasteiger partial charge on any atom is -0.465 e. The van der Waals surface area contributed by atoms with E-state index in [1.807, 2.05) is 61.8 Å². The summed E-state index contributed by atoms with van der Waals surface area (Å²) in [6, 6.07) is 22.1. The number of imidazole rings is 2. The normalized spacial score (nSPS) is 11.2. The monoisotopic (exact) mass is 496 g/mol. The Labute approximate surface area is 214 Å². The van der Waals surface area contributed by atoms with E-state index in [1.165, 1.54) is 0 Å². The van der Waals surface area contributed by atoms with Crippen LogP contribution in [-0.4, -0.2) is 37.0 Å². The van der Waals surface area contributed by atoms with Gasteiger partial charge >= 0.3 is 6.16 Å². The van der Waals surface area contributed by atoms with Gasteiger partial charge in [-0.15, -0.1) is 0 Å². The second-order valence-corrected chi connectivity index (χ2v) is 8.98. The molecule has 0 spiro atoms. The molecule has 5 rings (SSSR count). The number of hydrogen-bond donors (Lipinski definition) is 1. The van der Waals surface area contributed by atoms with E-state index in [4.69, 9.17) is 19.6 Å². The van der Waals surface area contributed by atoms with Gasteiger partial charge in [0.15, 0.2) is 0 Å². The van der Waals surface area contributed by atoms with Crippen LogP contribution < -0.4 is 9.47 Å². The van der Waals surface area contributed by atoms with Gasteiger partial charge in [-0.2, -0.15) is 4.98 Å². The maximum absolute atomic E-state index is 11.1. The molecule has 3 aromatic carbocycles. The minimum absolute atomic E-state index is 0.300. The van der Waals surface area contributed by atoms with Crippen LogP contribution in [0.5, 0.6) is 11.8 Å². The van der Waals surface area contributed by atoms with Crippen LogP contribution in [0.15, 0.2) is 79.3 Å². The lowest BCUT2D eigenvalue weighted by Crippen LogP contribution is -2.05. The summed E-state index contributed by atoms with van der Waals surface area (Å²) in [6.07, 6.45) is 2.57. The summed E-state index contributed by atoms with van der Waals surface area (Å²) in [5.41, 5.74) is 6.37. The molecule has 0 aliphatic heterocycles. The third-order valence-corrected chi connectivity index (χ3v) is 6.17. The van der Waals surface area contributed by atoms with Crippen LogP contribution in [0.2, 0.25) is 0 Å². The van der Waals surface area contributed by atoms with Crippen molar-refractivity contribution < 1.29 is 19.4 Å². The highest BCUT2D eigenvalue weighted by atomic mass is 16.7. The van der Waals surface area contributed by atoms with E-state index >= 15 is 0 Å². The van der Waals surface area contributed by atoms with Crippen LogP contribution in [0, 0.1) is 0 Å². The second-order valence-electron chi connectivity index (χ2n) is 8.98. The summed E-state index contributed by atoms with van der Waals surface area (Å²) in [5, 5.41) is 9.05. The molecule has 0 aliphatic carbocycles. The highest BCUT2D eigenvalue weighted by Gasteiger charge is 2.15. The van der Waals surface area contributed by atoms with Crippen LogP contribution in [-0.2, 0) is 6.54 Å². The average molecular weight is 497 g/mol. The van der Waals surface area contributed by atoms with Crippen molar-refractivity contribution in [3.63, 3.8) is 0 Å². The van der Waals surface area contributed by atoms with Crippen molar-refractivity contribution in [3.05, 3.63) is 84.8 Å². The standard InChI is InChI=1S/C29H28N4O4/c1-4-36-28-31-24-14-13-22(25-17-32(18-30-25)19(2)3)15-26(24)33(28)16-20-9-11-21(12-10-20)23-7-5-6-8-27(23)37-29(34)35/h5-15,17-19H,4,16H2,1-3H3,(H,34,35). The van der Waals surface area contributed by atoms with E-state index in [9.17, 15) is 4.79 Å². The zero-order valence-electron chi connectivity index (χ0n) is 21.0. The number of rotatable bonds is 8. The molecule has 2 heterocycles. The minimum atomic E-state index is -1.34. The topological polar surface area (TPSA) is 91.4 Å². The van der Waals surface area contributed by atoms with Crippen molar-refractivity contribution in [2.45, 2.75) is 33.4 Å². The van der Waals surface area contributed by atoms with E-state index in [1.54, 1.807) is 12.1 Å². The Morgan fingerprint density at radius 3 is 2.49 bits per heavy atom. The van der Waals surface area contributed by atoms with Crippen LogP contribution >= 0.6 is 0 Å². The number of nitrogens with zero attached hydrogens (tertiary/aromatic N) is 4. The highest BCUT2D eigenvalue weighted by Crippen LogP contribution is 2.31. The summed E-state index contributed by atoms with van der Waals surface area (Å²) < 4.78 is 15.0. The van der Waals surface area contributed by atoms with Crippen molar-refractivity contribution >= 4 is 17.2 Å². The van der Waals surface area contributed by atoms with Gasteiger partial charge in [-0.05, 0) is 50.1 Å². The number of hydrogen-bond acceptors (Lipinski definition) is 5. The Morgan fingerprint density at radius 2 is 1.78 bits per heavy atom. The van der Waals surface area contributed by atoms with Crippen molar-refractivity contribution in [2.75, 3.05) is 6.61 Å². The van der Waals surface area contributed by atoms with Crippen LogP contribution in [0.1, 0.15) is 32.4 Å². The van der Waals surface area contributed by atoms with Gasteiger partial charge in [0.05, 0.1) is 36.2 Å². The fourth-order valence-corrected chi connectivity index (χ4v) is 4.28. The molecule has 8 heteroatoms. The second kappa shape index (κ2) is 10.2. The molecule has 0 bridgehead atoms. The van der Waals surface area contributed by atoms with Crippen molar-refractivity contribution in [2.24, 2.45) is 0 Å². The van der Waals surface area contributed by atoms with E-state index in [0.717, 1.165) is 33.4 Å². The molecule has 2 aromatic heterocycles. The van der Waals surface area contributed by atoms with Gasteiger partial charge in [-0.1, -0.05) is 48.5 Å². The van der Waals surface area contributed by atoms with Gasteiger partial charge in [-0.25, -0.2) is 9.78 Å². The quantitative estimate of drug-likeness (QED) is 0.191. The smallest absolute Gasteiger partial charge is 0.465 e. The molecule has 0 saturated heterocycles. The summed E-state index contributed by atoms with van der Waals surface area (Å²) in [7, 11) is 0. The first-order chi connectivity index (χ1) is 17.9. The highest BCUT2D eigenvalue weighted by molar-refractivity contribution is 5.82. The number of carboxylic acid groups (broad SMARTS) is 1. The van der Waals surface area contributed by atoms with E-state index in [-0.39, 0.29) is 0 Å². The van der Waals surface area contributed by atoms with Crippen molar-refractivity contribution in [1.29, 1.82) is 0 Å². The third kappa shape index (κ3) is 5.04. The number of carbonyl (C=O) groups is 1. The zero-order chi connectivity index (χ0) is 25.9. The van der Waals surface area contributed by atoms with Crippen LogP contribution in [0.4, 0.5) is 4.79 Å². The summed E-state index contributed by atoms with van der Waals surface area (Å²) >= 11 is 0. The zero-order valence-corrected chi connectivity index (χ0v) is 21.0. The molecule has 0 saturated carbocycles. The largest absolute Gasteiger partial charge is 0.511 e. The van der Waals surface area contributed by atoms with E-state index in [2.05, 4.69) is 40.2 Å². The Morgan fingerprint density at radius 1 is 1.03 bits per heavy atom. The number of ether oxygens (including phenoxy) is 2. The number of aromatic nitrogens is 4. The molecular formula is C29H28N4O4. The summed E-state index contributed by atoms with van der Waals surface area (Å²) in [4.78, 5) is 20.4. The van der Waals surface area contributed by atoms with Gasteiger partial charge in [0.1, 0.15) is 5.75 Å². The first-order valence-corrected chi connectivity index (χ1v) is 12.2. The van der Waals surface area contributed by atoms with Gasteiger partial charge in [0.2, 0.25) is 0 Å². The maximum Gasteiger partial charge on any atom is 0.511 e. The molecule has 5 aromatic rings. The Balaban J connectivity index is 1.48. The summed E-state index contributed by atoms with van der Waals surface area (Å²) in [5.74, 6) is 0.300. The number of para-hydroxylation sites is 1. The lowest BCUT2D eigenvalue weighted by atomic mass is 10.0.